The molecule has 0 atom stereocenters. The molecule has 0 aromatic heterocycles. The zero-order chi connectivity index (χ0) is 22.2. The second-order valence-electron chi connectivity index (χ2n) is 7.65. The summed E-state index contributed by atoms with van der Waals surface area (Å²) in [5.74, 6) is 1.33. The third kappa shape index (κ3) is 6.11. The maximum absolute atomic E-state index is 12.7. The maximum atomic E-state index is 12.7. The predicted octanol–water partition coefficient (Wildman–Crippen LogP) is 4.42. The average molecular weight is 431 g/mol. The highest BCUT2D eigenvalue weighted by molar-refractivity contribution is 5.97. The van der Waals surface area contributed by atoms with Crippen molar-refractivity contribution < 1.29 is 19.1 Å². The molecule has 0 spiro atoms. The summed E-state index contributed by atoms with van der Waals surface area (Å²) in [6, 6.07) is 24.2. The van der Waals surface area contributed by atoms with E-state index >= 15 is 0 Å². The van der Waals surface area contributed by atoms with Crippen LogP contribution in [0.2, 0.25) is 0 Å². The van der Waals surface area contributed by atoms with Crippen LogP contribution in [0.1, 0.15) is 28.8 Å². The Morgan fingerprint density at radius 2 is 1.50 bits per heavy atom. The highest BCUT2D eigenvalue weighted by Gasteiger charge is 2.29. The lowest BCUT2D eigenvalue weighted by molar-refractivity contribution is -0.117. The van der Waals surface area contributed by atoms with Crippen molar-refractivity contribution >= 4 is 17.5 Å². The summed E-state index contributed by atoms with van der Waals surface area (Å²) in [7, 11) is 0. The molecule has 6 nitrogen and oxygen atoms in total. The number of hydrogen-bond donors (Lipinski definition) is 2. The normalized spacial score (nSPS) is 12.6. The number of rotatable bonds is 10. The molecule has 1 saturated carbocycles. The Balaban J connectivity index is 1.26. The van der Waals surface area contributed by atoms with E-state index < -0.39 is 0 Å². The first kappa shape index (κ1) is 21.4. The first-order valence-electron chi connectivity index (χ1n) is 10.8. The van der Waals surface area contributed by atoms with Crippen molar-refractivity contribution in [1.82, 2.24) is 5.32 Å². The van der Waals surface area contributed by atoms with Gasteiger partial charge in [0.25, 0.3) is 5.91 Å². The van der Waals surface area contributed by atoms with Gasteiger partial charge < -0.3 is 20.1 Å². The third-order valence-corrected chi connectivity index (χ3v) is 5.11. The molecule has 3 aromatic rings. The Kier molecular flexibility index (Phi) is 7.02. The van der Waals surface area contributed by atoms with Gasteiger partial charge in [0.1, 0.15) is 24.7 Å². The van der Waals surface area contributed by atoms with Crippen molar-refractivity contribution in [2.75, 3.05) is 18.5 Å². The van der Waals surface area contributed by atoms with Crippen LogP contribution >= 0.6 is 0 Å². The molecule has 1 aliphatic carbocycles. The third-order valence-electron chi connectivity index (χ3n) is 5.11. The molecule has 32 heavy (non-hydrogen) atoms. The minimum Gasteiger partial charge on any atom is -0.490 e. The molecular weight excluding hydrogens is 404 g/mol. The number of benzene rings is 3. The number of para-hydroxylation sites is 2. The minimum absolute atomic E-state index is 0.0804. The van der Waals surface area contributed by atoms with Gasteiger partial charge >= 0.3 is 0 Å². The summed E-state index contributed by atoms with van der Waals surface area (Å²) < 4.78 is 11.4. The van der Waals surface area contributed by atoms with E-state index in [1.165, 1.54) is 0 Å². The van der Waals surface area contributed by atoms with Gasteiger partial charge in [0.15, 0.2) is 0 Å². The van der Waals surface area contributed by atoms with E-state index in [1.807, 2.05) is 60.7 Å². The van der Waals surface area contributed by atoms with Gasteiger partial charge in [-0.1, -0.05) is 42.5 Å². The second kappa shape index (κ2) is 10.5. The molecule has 0 bridgehead atoms. The summed E-state index contributed by atoms with van der Waals surface area (Å²) in [6.45, 7) is 1.08. The van der Waals surface area contributed by atoms with Crippen LogP contribution in [0.15, 0.2) is 78.9 Å². The quantitative estimate of drug-likeness (QED) is 0.467. The van der Waals surface area contributed by atoms with Crippen LogP contribution in [0.5, 0.6) is 11.5 Å². The van der Waals surface area contributed by atoms with E-state index in [0.717, 1.165) is 29.8 Å². The van der Waals surface area contributed by atoms with Gasteiger partial charge in [-0.05, 0) is 54.8 Å². The van der Waals surface area contributed by atoms with Crippen LogP contribution in [-0.2, 0) is 11.3 Å². The summed E-state index contributed by atoms with van der Waals surface area (Å²) in [4.78, 5) is 24.6. The van der Waals surface area contributed by atoms with Crippen molar-refractivity contribution in [3.8, 4) is 11.5 Å². The first-order chi connectivity index (χ1) is 15.7. The van der Waals surface area contributed by atoms with E-state index in [9.17, 15) is 9.59 Å². The molecule has 0 saturated heterocycles. The molecular formula is C26H26N2O4. The molecule has 2 amide bonds. The lowest BCUT2D eigenvalue weighted by atomic mass is 10.1. The molecule has 164 valence electrons. The number of amides is 2. The lowest BCUT2D eigenvalue weighted by Gasteiger charge is -2.12. The monoisotopic (exact) mass is 430 g/mol. The molecule has 6 heteroatoms. The molecule has 1 aliphatic rings. The summed E-state index contributed by atoms with van der Waals surface area (Å²) in [5, 5.41) is 5.83. The van der Waals surface area contributed by atoms with E-state index in [-0.39, 0.29) is 17.7 Å². The van der Waals surface area contributed by atoms with Crippen molar-refractivity contribution in [2.24, 2.45) is 5.92 Å². The fourth-order valence-electron chi connectivity index (χ4n) is 3.18. The number of hydrogen-bond acceptors (Lipinski definition) is 4. The smallest absolute Gasteiger partial charge is 0.255 e. The SMILES string of the molecule is O=C(NCc1ccc(NC(=O)C2CC2)cc1)c1ccccc1OCCOc1ccccc1. The first-order valence-corrected chi connectivity index (χ1v) is 10.8. The van der Waals surface area contributed by atoms with Crippen LogP contribution < -0.4 is 20.1 Å². The molecule has 2 N–H and O–H groups in total. The standard InChI is InChI=1S/C26H26N2O4/c29-25(20-12-13-20)28-21-14-10-19(11-15-21)18-27-26(30)23-8-4-5-9-24(23)32-17-16-31-22-6-2-1-3-7-22/h1-11,14-15,20H,12-13,16-18H2,(H,27,30)(H,28,29). The zero-order valence-corrected chi connectivity index (χ0v) is 17.8. The van der Waals surface area contributed by atoms with Gasteiger partial charge in [0.05, 0.1) is 5.56 Å². The fourth-order valence-corrected chi connectivity index (χ4v) is 3.18. The largest absolute Gasteiger partial charge is 0.490 e. The van der Waals surface area contributed by atoms with Crippen LogP contribution in [0.25, 0.3) is 0 Å². The Morgan fingerprint density at radius 3 is 2.25 bits per heavy atom. The molecule has 4 rings (SSSR count). The number of carbonyl (C=O) groups excluding carboxylic acids is 2. The number of ether oxygens (including phenoxy) is 2. The van der Waals surface area contributed by atoms with Crippen molar-refractivity contribution in [1.29, 1.82) is 0 Å². The molecule has 3 aromatic carbocycles. The molecule has 0 aliphatic heterocycles. The van der Waals surface area contributed by atoms with E-state index in [0.29, 0.717) is 31.1 Å². The number of nitrogens with one attached hydrogen (secondary N) is 2. The highest BCUT2D eigenvalue weighted by atomic mass is 16.5. The number of carbonyl (C=O) groups is 2. The van der Waals surface area contributed by atoms with Gasteiger partial charge in [0, 0.05) is 18.2 Å². The van der Waals surface area contributed by atoms with Crippen LogP contribution in [0.4, 0.5) is 5.69 Å². The lowest BCUT2D eigenvalue weighted by Crippen LogP contribution is -2.24. The summed E-state index contributed by atoms with van der Waals surface area (Å²) in [6.07, 6.45) is 1.95. The summed E-state index contributed by atoms with van der Waals surface area (Å²) in [5.41, 5.74) is 2.19. The van der Waals surface area contributed by atoms with Crippen LogP contribution in [0, 0.1) is 5.92 Å². The topological polar surface area (TPSA) is 76.7 Å². The van der Waals surface area contributed by atoms with E-state index in [2.05, 4.69) is 10.6 Å². The van der Waals surface area contributed by atoms with Crippen LogP contribution in [-0.4, -0.2) is 25.0 Å². The molecule has 1 fully saturated rings. The van der Waals surface area contributed by atoms with Crippen LogP contribution in [0.3, 0.4) is 0 Å². The van der Waals surface area contributed by atoms with Gasteiger partial charge in [-0.2, -0.15) is 0 Å². The van der Waals surface area contributed by atoms with Gasteiger partial charge in [-0.25, -0.2) is 0 Å². The summed E-state index contributed by atoms with van der Waals surface area (Å²) >= 11 is 0. The Bertz CT molecular complexity index is 1050. The zero-order valence-electron chi connectivity index (χ0n) is 17.8. The molecule has 0 heterocycles. The van der Waals surface area contributed by atoms with E-state index in [4.69, 9.17) is 9.47 Å². The molecule has 0 radical (unpaired) electrons. The van der Waals surface area contributed by atoms with Gasteiger partial charge in [-0.3, -0.25) is 9.59 Å². The van der Waals surface area contributed by atoms with Gasteiger partial charge in [0.2, 0.25) is 5.91 Å². The second-order valence-corrected chi connectivity index (χ2v) is 7.65. The Labute approximate surface area is 187 Å². The Hall–Kier alpha value is -3.80. The highest BCUT2D eigenvalue weighted by Crippen LogP contribution is 2.30. The van der Waals surface area contributed by atoms with Gasteiger partial charge in [-0.15, -0.1) is 0 Å². The average Bonchev–Trinajstić information content (AvgIpc) is 3.68. The fraction of sp³-hybridized carbons (Fsp3) is 0.231. The van der Waals surface area contributed by atoms with E-state index in [1.54, 1.807) is 18.2 Å². The minimum atomic E-state index is -0.212. The Morgan fingerprint density at radius 1 is 0.812 bits per heavy atom. The van der Waals surface area contributed by atoms with Crippen molar-refractivity contribution in [2.45, 2.75) is 19.4 Å². The molecule has 0 unspecified atom stereocenters. The predicted molar refractivity (Wildman–Crippen MR) is 123 cm³/mol. The van der Waals surface area contributed by atoms with Crippen molar-refractivity contribution in [3.05, 3.63) is 90.0 Å². The maximum Gasteiger partial charge on any atom is 0.255 e. The van der Waals surface area contributed by atoms with Crippen molar-refractivity contribution in [3.63, 3.8) is 0 Å². The number of anilines is 1.